The van der Waals surface area contributed by atoms with Gasteiger partial charge in [-0.3, -0.25) is 4.79 Å². The molecular weight excluding hydrogens is 316 g/mol. The highest BCUT2D eigenvalue weighted by atomic mass is 35.5. The molecule has 1 heterocycles. The summed E-state index contributed by atoms with van der Waals surface area (Å²) in [5.41, 5.74) is 0.570. The van der Waals surface area contributed by atoms with E-state index in [1.165, 1.54) is 0 Å². The Bertz CT molecular complexity index is 545. The fourth-order valence-electron chi connectivity index (χ4n) is 2.38. The zero-order chi connectivity index (χ0) is 16.7. The minimum absolute atomic E-state index is 0.159. The summed E-state index contributed by atoms with van der Waals surface area (Å²) >= 11 is 5.97. The van der Waals surface area contributed by atoms with Crippen LogP contribution in [0.3, 0.4) is 0 Å². The van der Waals surface area contributed by atoms with Gasteiger partial charge in [-0.1, -0.05) is 23.7 Å². The Morgan fingerprint density at radius 1 is 1.17 bits per heavy atom. The van der Waals surface area contributed by atoms with Crippen molar-refractivity contribution in [2.75, 3.05) is 45.1 Å². The first kappa shape index (κ1) is 17.6. The molecule has 126 valence electrons. The summed E-state index contributed by atoms with van der Waals surface area (Å²) in [7, 11) is 2.06. The Kier molecular flexibility index (Phi) is 6.67. The molecule has 0 unspecified atom stereocenters. The number of carbonyl (C=O) groups excluding carboxylic acids is 2. The molecule has 3 amide bonds. The van der Waals surface area contributed by atoms with Gasteiger partial charge in [0.25, 0.3) is 0 Å². The van der Waals surface area contributed by atoms with E-state index in [1.54, 1.807) is 24.3 Å². The van der Waals surface area contributed by atoms with Crippen molar-refractivity contribution in [3.05, 3.63) is 29.3 Å². The third-order valence-electron chi connectivity index (χ3n) is 3.83. The van der Waals surface area contributed by atoms with Crippen molar-refractivity contribution >= 4 is 29.2 Å². The van der Waals surface area contributed by atoms with Crippen LogP contribution in [0.25, 0.3) is 0 Å². The lowest BCUT2D eigenvalue weighted by molar-refractivity contribution is -0.132. The van der Waals surface area contributed by atoms with E-state index in [-0.39, 0.29) is 11.9 Å². The summed E-state index contributed by atoms with van der Waals surface area (Å²) in [5, 5.41) is 5.91. The van der Waals surface area contributed by atoms with Crippen LogP contribution in [0.5, 0.6) is 0 Å². The van der Waals surface area contributed by atoms with Crippen molar-refractivity contribution < 1.29 is 9.59 Å². The molecular formula is C16H23ClN4O2. The van der Waals surface area contributed by atoms with Crippen molar-refractivity contribution in [2.45, 2.75) is 12.8 Å². The van der Waals surface area contributed by atoms with Gasteiger partial charge in [-0.05, 0) is 25.6 Å². The van der Waals surface area contributed by atoms with E-state index in [4.69, 9.17) is 11.6 Å². The van der Waals surface area contributed by atoms with Gasteiger partial charge in [-0.2, -0.15) is 0 Å². The molecule has 0 radical (unpaired) electrons. The summed E-state index contributed by atoms with van der Waals surface area (Å²) < 4.78 is 0. The zero-order valence-corrected chi connectivity index (χ0v) is 14.1. The maximum atomic E-state index is 12.0. The average Bonchev–Trinajstić information content (AvgIpc) is 2.54. The van der Waals surface area contributed by atoms with Crippen molar-refractivity contribution in [3.63, 3.8) is 0 Å². The number of carbonyl (C=O) groups is 2. The molecule has 6 nitrogen and oxygen atoms in total. The molecule has 0 atom stereocenters. The predicted molar refractivity (Wildman–Crippen MR) is 91.8 cm³/mol. The van der Waals surface area contributed by atoms with Gasteiger partial charge in [-0.15, -0.1) is 0 Å². The van der Waals surface area contributed by atoms with E-state index in [2.05, 4.69) is 22.6 Å². The van der Waals surface area contributed by atoms with Gasteiger partial charge < -0.3 is 20.4 Å². The van der Waals surface area contributed by atoms with Gasteiger partial charge in [0.15, 0.2) is 0 Å². The lowest BCUT2D eigenvalue weighted by Crippen LogP contribution is -2.47. The van der Waals surface area contributed by atoms with Crippen LogP contribution in [-0.4, -0.2) is 61.5 Å². The number of hydrogen-bond acceptors (Lipinski definition) is 3. The van der Waals surface area contributed by atoms with E-state index in [0.717, 1.165) is 26.2 Å². The highest BCUT2D eigenvalue weighted by molar-refractivity contribution is 6.33. The first-order valence-corrected chi connectivity index (χ1v) is 8.20. The molecule has 1 saturated heterocycles. The number of urea groups is 1. The molecule has 0 saturated carbocycles. The second-order valence-electron chi connectivity index (χ2n) is 5.65. The van der Waals surface area contributed by atoms with Gasteiger partial charge in [0.2, 0.25) is 5.91 Å². The minimum atomic E-state index is -0.315. The molecule has 0 bridgehead atoms. The lowest BCUT2D eigenvalue weighted by atomic mass is 10.2. The number of amides is 3. The van der Waals surface area contributed by atoms with Crippen LogP contribution in [0.15, 0.2) is 24.3 Å². The third kappa shape index (κ3) is 5.73. The quantitative estimate of drug-likeness (QED) is 0.807. The number of nitrogens with one attached hydrogen (secondary N) is 2. The summed E-state index contributed by atoms with van der Waals surface area (Å²) in [5.74, 6) is 0.159. The number of likely N-dealkylation sites (N-methyl/N-ethyl adjacent to an activating group) is 1. The normalized spacial score (nSPS) is 15.3. The van der Waals surface area contributed by atoms with Gasteiger partial charge >= 0.3 is 6.03 Å². The number of anilines is 1. The molecule has 1 aromatic rings. The second-order valence-corrected chi connectivity index (χ2v) is 6.06. The largest absolute Gasteiger partial charge is 0.340 e. The number of para-hydroxylation sites is 1. The van der Waals surface area contributed by atoms with Crippen molar-refractivity contribution in [1.82, 2.24) is 15.1 Å². The molecule has 23 heavy (non-hydrogen) atoms. The van der Waals surface area contributed by atoms with E-state index in [0.29, 0.717) is 30.1 Å². The molecule has 2 N–H and O–H groups in total. The van der Waals surface area contributed by atoms with Gasteiger partial charge in [0, 0.05) is 39.1 Å². The van der Waals surface area contributed by atoms with Gasteiger partial charge in [-0.25, -0.2) is 4.79 Å². The smallest absolute Gasteiger partial charge is 0.319 e. The first-order chi connectivity index (χ1) is 11.1. The van der Waals surface area contributed by atoms with Crippen LogP contribution in [0.2, 0.25) is 5.02 Å². The number of piperazine rings is 1. The second kappa shape index (κ2) is 8.74. The minimum Gasteiger partial charge on any atom is -0.340 e. The van der Waals surface area contributed by atoms with E-state index in [9.17, 15) is 9.59 Å². The fourth-order valence-corrected chi connectivity index (χ4v) is 2.57. The molecule has 0 aromatic heterocycles. The molecule has 2 rings (SSSR count). The molecule has 1 aliphatic rings. The lowest BCUT2D eigenvalue weighted by Gasteiger charge is -2.32. The number of nitrogens with zero attached hydrogens (tertiary/aromatic N) is 2. The van der Waals surface area contributed by atoms with Crippen LogP contribution in [0.1, 0.15) is 12.8 Å². The number of rotatable bonds is 5. The average molecular weight is 339 g/mol. The van der Waals surface area contributed by atoms with Crippen molar-refractivity contribution in [1.29, 1.82) is 0 Å². The monoisotopic (exact) mass is 338 g/mol. The van der Waals surface area contributed by atoms with Crippen LogP contribution < -0.4 is 10.6 Å². The topological polar surface area (TPSA) is 64.7 Å². The van der Waals surface area contributed by atoms with Crippen molar-refractivity contribution in [2.24, 2.45) is 0 Å². The molecule has 0 aliphatic carbocycles. The summed E-state index contributed by atoms with van der Waals surface area (Å²) in [6.07, 6.45) is 1.08. The Labute approximate surface area is 141 Å². The molecule has 1 aromatic carbocycles. The molecule has 7 heteroatoms. The van der Waals surface area contributed by atoms with Crippen LogP contribution in [0.4, 0.5) is 10.5 Å². The van der Waals surface area contributed by atoms with Crippen LogP contribution >= 0.6 is 11.6 Å². The Hall–Kier alpha value is -1.79. The molecule has 0 spiro atoms. The zero-order valence-electron chi connectivity index (χ0n) is 13.3. The van der Waals surface area contributed by atoms with Crippen molar-refractivity contribution in [3.8, 4) is 0 Å². The Balaban J connectivity index is 1.62. The molecule has 1 fully saturated rings. The summed E-state index contributed by atoms with van der Waals surface area (Å²) in [4.78, 5) is 27.9. The van der Waals surface area contributed by atoms with Gasteiger partial charge in [0.05, 0.1) is 10.7 Å². The van der Waals surface area contributed by atoms with Crippen LogP contribution in [-0.2, 0) is 4.79 Å². The highest BCUT2D eigenvalue weighted by Gasteiger charge is 2.18. The van der Waals surface area contributed by atoms with E-state index < -0.39 is 0 Å². The maximum absolute atomic E-state index is 12.0. The predicted octanol–water partition coefficient (Wildman–Crippen LogP) is 2.02. The number of halogens is 1. The summed E-state index contributed by atoms with van der Waals surface area (Å²) in [6, 6.07) is 6.74. The van der Waals surface area contributed by atoms with E-state index >= 15 is 0 Å². The number of hydrogen-bond donors (Lipinski definition) is 2. The van der Waals surface area contributed by atoms with Crippen LogP contribution in [0, 0.1) is 0 Å². The Morgan fingerprint density at radius 2 is 1.87 bits per heavy atom. The molecule has 1 aliphatic heterocycles. The number of benzene rings is 1. The fraction of sp³-hybridized carbons (Fsp3) is 0.500. The van der Waals surface area contributed by atoms with E-state index in [1.807, 2.05) is 4.90 Å². The maximum Gasteiger partial charge on any atom is 0.319 e. The van der Waals surface area contributed by atoms with Gasteiger partial charge in [0.1, 0.15) is 0 Å². The first-order valence-electron chi connectivity index (χ1n) is 7.82. The standard InChI is InChI=1S/C16H23ClN4O2/c1-20-9-11-21(12-10-20)15(22)7-4-8-18-16(23)19-14-6-3-2-5-13(14)17/h2-3,5-6H,4,7-12H2,1H3,(H2,18,19,23). The Morgan fingerprint density at radius 3 is 2.57 bits per heavy atom. The third-order valence-corrected chi connectivity index (χ3v) is 4.16. The SMILES string of the molecule is CN1CCN(C(=O)CCCNC(=O)Nc2ccccc2Cl)CC1. The summed E-state index contributed by atoms with van der Waals surface area (Å²) in [6.45, 7) is 3.87. The highest BCUT2D eigenvalue weighted by Crippen LogP contribution is 2.19.